The molecule has 6 heteroatoms. The van der Waals surface area contributed by atoms with Crippen LogP contribution in [0.1, 0.15) is 24.1 Å². The summed E-state index contributed by atoms with van der Waals surface area (Å²) in [5.41, 5.74) is 2.73. The Morgan fingerprint density at radius 3 is 3.00 bits per heavy atom. The summed E-state index contributed by atoms with van der Waals surface area (Å²) in [4.78, 5) is 0. The van der Waals surface area contributed by atoms with E-state index in [0.29, 0.717) is 11.3 Å². The molecule has 5 nitrogen and oxygen atoms in total. The number of nitrogens with one attached hydrogen (secondary N) is 1. The molecular weight excluding hydrogens is 284 g/mol. The third-order valence-electron chi connectivity index (χ3n) is 3.83. The zero-order valence-corrected chi connectivity index (χ0v) is 13.4. The minimum Gasteiger partial charge on any atom is -0.497 e. The van der Waals surface area contributed by atoms with E-state index in [1.165, 1.54) is 11.1 Å². The molecule has 2 aromatic rings. The highest BCUT2D eigenvalue weighted by atomic mass is 32.2. The van der Waals surface area contributed by atoms with Gasteiger partial charge in [-0.05, 0) is 36.2 Å². The summed E-state index contributed by atoms with van der Waals surface area (Å²) < 4.78 is 7.33. The van der Waals surface area contributed by atoms with Gasteiger partial charge in [0.25, 0.3) is 0 Å². The lowest BCUT2D eigenvalue weighted by Crippen LogP contribution is -2.27. The average molecular weight is 304 g/mol. The van der Waals surface area contributed by atoms with Gasteiger partial charge in [0.1, 0.15) is 12.1 Å². The van der Waals surface area contributed by atoms with Gasteiger partial charge in [-0.15, -0.1) is 10.2 Å². The van der Waals surface area contributed by atoms with Crippen LogP contribution in [0, 0.1) is 0 Å². The highest BCUT2D eigenvalue weighted by Gasteiger charge is 2.33. The van der Waals surface area contributed by atoms with Crippen LogP contribution in [0.4, 0.5) is 0 Å². The summed E-state index contributed by atoms with van der Waals surface area (Å²) >= 11 is 1.79. The van der Waals surface area contributed by atoms with E-state index in [1.54, 1.807) is 25.2 Å². The molecule has 1 N–H and O–H groups in total. The monoisotopic (exact) mass is 304 g/mol. The lowest BCUT2D eigenvalue weighted by molar-refractivity contribution is 0.413. The second-order valence-corrected chi connectivity index (χ2v) is 6.39. The number of benzene rings is 1. The van der Waals surface area contributed by atoms with Crippen molar-refractivity contribution < 1.29 is 4.74 Å². The van der Waals surface area contributed by atoms with E-state index >= 15 is 0 Å². The smallest absolute Gasteiger partial charge is 0.191 e. The van der Waals surface area contributed by atoms with E-state index in [-0.39, 0.29) is 0 Å². The lowest BCUT2D eigenvalue weighted by atomic mass is 10.1. The van der Waals surface area contributed by atoms with Crippen molar-refractivity contribution in [3.63, 3.8) is 0 Å². The number of nitrogens with zero attached hydrogens (tertiary/aromatic N) is 3. The molecule has 1 aromatic carbocycles. The molecule has 1 aromatic heterocycles. The molecule has 0 radical (unpaired) electrons. The molecule has 2 unspecified atom stereocenters. The summed E-state index contributed by atoms with van der Waals surface area (Å²) in [6, 6.07) is 6.69. The predicted octanol–water partition coefficient (Wildman–Crippen LogP) is 2.19. The van der Waals surface area contributed by atoms with Gasteiger partial charge in [-0.1, -0.05) is 24.8 Å². The molecule has 0 saturated carbocycles. The highest BCUT2D eigenvalue weighted by molar-refractivity contribution is 7.99. The molecule has 1 aliphatic carbocycles. The van der Waals surface area contributed by atoms with E-state index in [9.17, 15) is 0 Å². The molecule has 21 heavy (non-hydrogen) atoms. The predicted molar refractivity (Wildman–Crippen MR) is 83.8 cm³/mol. The zero-order valence-electron chi connectivity index (χ0n) is 12.5. The maximum atomic E-state index is 5.37. The SMILES string of the molecule is CCNC1c2cc(OC)ccc2CC1Sc1nncn1C. The standard InChI is InChI=1S/C15H20N4OS/c1-4-16-14-12-8-11(20-3)6-5-10(12)7-13(14)21-15-18-17-9-19(15)2/h5-6,8-9,13-14,16H,4,7H2,1-3H3. The zero-order chi connectivity index (χ0) is 14.8. The fourth-order valence-electron chi connectivity index (χ4n) is 2.80. The van der Waals surface area contributed by atoms with E-state index < -0.39 is 0 Å². The van der Waals surface area contributed by atoms with Gasteiger partial charge in [0, 0.05) is 18.3 Å². The molecule has 3 rings (SSSR count). The molecule has 0 amide bonds. The molecule has 2 atom stereocenters. The molecule has 112 valence electrons. The first-order chi connectivity index (χ1) is 10.2. The topological polar surface area (TPSA) is 52.0 Å². The lowest BCUT2D eigenvalue weighted by Gasteiger charge is -2.20. The number of aromatic nitrogens is 3. The van der Waals surface area contributed by atoms with Crippen molar-refractivity contribution in [3.05, 3.63) is 35.7 Å². The first-order valence-corrected chi connectivity index (χ1v) is 8.01. The second-order valence-electron chi connectivity index (χ2n) is 5.18. The molecular formula is C15H20N4OS. The summed E-state index contributed by atoms with van der Waals surface area (Å²) in [5.74, 6) is 0.918. The fourth-order valence-corrected chi connectivity index (χ4v) is 4.02. The number of rotatable bonds is 5. The Morgan fingerprint density at radius 2 is 2.33 bits per heavy atom. The first-order valence-electron chi connectivity index (χ1n) is 7.13. The van der Waals surface area contributed by atoms with Crippen molar-refractivity contribution in [1.29, 1.82) is 0 Å². The van der Waals surface area contributed by atoms with Crippen LogP contribution in [0.5, 0.6) is 5.75 Å². The van der Waals surface area contributed by atoms with Crippen molar-refractivity contribution in [2.45, 2.75) is 29.8 Å². The average Bonchev–Trinajstić information content (AvgIpc) is 3.04. The van der Waals surface area contributed by atoms with Gasteiger partial charge in [-0.2, -0.15) is 0 Å². The number of methoxy groups -OCH3 is 1. The summed E-state index contributed by atoms with van der Waals surface area (Å²) in [7, 11) is 3.69. The fraction of sp³-hybridized carbons (Fsp3) is 0.467. The van der Waals surface area contributed by atoms with E-state index in [4.69, 9.17) is 4.74 Å². The van der Waals surface area contributed by atoms with Crippen LogP contribution in [0.3, 0.4) is 0 Å². The van der Waals surface area contributed by atoms with Gasteiger partial charge < -0.3 is 14.6 Å². The van der Waals surface area contributed by atoms with Gasteiger partial charge in [-0.3, -0.25) is 0 Å². The van der Waals surface area contributed by atoms with Gasteiger partial charge in [0.05, 0.1) is 7.11 Å². The van der Waals surface area contributed by atoms with E-state index in [1.807, 2.05) is 17.7 Å². The summed E-state index contributed by atoms with van der Waals surface area (Å²) in [6.45, 7) is 3.08. The van der Waals surface area contributed by atoms with Crippen LogP contribution in [0.25, 0.3) is 0 Å². The van der Waals surface area contributed by atoms with Gasteiger partial charge in [0.15, 0.2) is 5.16 Å². The van der Waals surface area contributed by atoms with Crippen LogP contribution in [0.2, 0.25) is 0 Å². The molecule has 1 heterocycles. The number of aryl methyl sites for hydroxylation is 1. The molecule has 0 spiro atoms. The third-order valence-corrected chi connectivity index (χ3v) is 5.15. The Labute approximate surface area is 129 Å². The minimum absolute atomic E-state index is 0.321. The normalized spacial score (nSPS) is 20.5. The van der Waals surface area contributed by atoms with Crippen LogP contribution < -0.4 is 10.1 Å². The van der Waals surface area contributed by atoms with Crippen LogP contribution in [-0.2, 0) is 13.5 Å². The van der Waals surface area contributed by atoms with Crippen molar-refractivity contribution in [2.24, 2.45) is 7.05 Å². The molecule has 1 aliphatic rings. The number of hydrogen-bond acceptors (Lipinski definition) is 5. The van der Waals surface area contributed by atoms with Gasteiger partial charge in [0.2, 0.25) is 0 Å². The van der Waals surface area contributed by atoms with Crippen LogP contribution in [-0.4, -0.2) is 33.7 Å². The Morgan fingerprint density at radius 1 is 1.48 bits per heavy atom. The van der Waals surface area contributed by atoms with Crippen molar-refractivity contribution in [3.8, 4) is 5.75 Å². The first kappa shape index (κ1) is 14.4. The molecule has 0 fully saturated rings. The number of hydrogen-bond donors (Lipinski definition) is 1. The summed E-state index contributed by atoms with van der Waals surface area (Å²) in [6.07, 6.45) is 2.78. The molecule has 0 saturated heterocycles. The second kappa shape index (κ2) is 6.07. The van der Waals surface area contributed by atoms with Gasteiger partial charge >= 0.3 is 0 Å². The molecule has 0 bridgehead atoms. The maximum Gasteiger partial charge on any atom is 0.191 e. The van der Waals surface area contributed by atoms with Crippen molar-refractivity contribution in [1.82, 2.24) is 20.1 Å². The van der Waals surface area contributed by atoms with E-state index in [0.717, 1.165) is 23.9 Å². The Bertz CT molecular complexity index is 628. The quantitative estimate of drug-likeness (QED) is 0.917. The third kappa shape index (κ3) is 2.78. The summed E-state index contributed by atoms with van der Waals surface area (Å²) in [5, 5.41) is 13.1. The van der Waals surface area contributed by atoms with Gasteiger partial charge in [-0.25, -0.2) is 0 Å². The highest BCUT2D eigenvalue weighted by Crippen LogP contribution is 2.42. The Hall–Kier alpha value is -1.53. The van der Waals surface area contributed by atoms with Crippen LogP contribution >= 0.6 is 11.8 Å². The maximum absolute atomic E-state index is 5.37. The number of fused-ring (bicyclic) bond motifs is 1. The number of ether oxygens (including phenoxy) is 1. The largest absolute Gasteiger partial charge is 0.497 e. The van der Waals surface area contributed by atoms with E-state index in [2.05, 4.69) is 34.6 Å². The molecule has 0 aliphatic heterocycles. The Balaban J connectivity index is 1.87. The van der Waals surface area contributed by atoms with Crippen molar-refractivity contribution >= 4 is 11.8 Å². The number of thioether (sulfide) groups is 1. The van der Waals surface area contributed by atoms with Crippen LogP contribution in [0.15, 0.2) is 29.7 Å². The minimum atomic E-state index is 0.321. The Kier molecular flexibility index (Phi) is 4.17. The van der Waals surface area contributed by atoms with Crippen molar-refractivity contribution in [2.75, 3.05) is 13.7 Å².